The van der Waals surface area contributed by atoms with E-state index in [4.69, 9.17) is 4.74 Å². The van der Waals surface area contributed by atoms with Gasteiger partial charge in [-0.3, -0.25) is 4.79 Å². The van der Waals surface area contributed by atoms with E-state index in [9.17, 15) is 21.6 Å². The van der Waals surface area contributed by atoms with Gasteiger partial charge in [0.05, 0.1) is 16.0 Å². The number of carbonyl (C=O) groups is 1. The Morgan fingerprint density at radius 1 is 0.923 bits per heavy atom. The Bertz CT molecular complexity index is 1550. The van der Waals surface area contributed by atoms with E-state index in [1.807, 2.05) is 0 Å². The van der Waals surface area contributed by atoms with Gasteiger partial charge in [0.25, 0.3) is 5.91 Å². The highest BCUT2D eigenvalue weighted by Crippen LogP contribution is 2.25. The van der Waals surface area contributed by atoms with Crippen molar-refractivity contribution in [2.45, 2.75) is 15.8 Å². The third-order valence-corrected chi connectivity index (χ3v) is 9.74. The Morgan fingerprint density at radius 2 is 1.56 bits per heavy atom. The lowest BCUT2D eigenvalue weighted by molar-refractivity contribution is -0.125. The van der Waals surface area contributed by atoms with Crippen LogP contribution in [-0.4, -0.2) is 69.9 Å². The second-order valence-electron chi connectivity index (χ2n) is 8.53. The maximum atomic E-state index is 13.5. The highest BCUT2D eigenvalue weighted by Gasteiger charge is 2.43. The number of amides is 1. The van der Waals surface area contributed by atoms with Crippen LogP contribution >= 0.6 is 0 Å². The van der Waals surface area contributed by atoms with Crippen LogP contribution in [0.25, 0.3) is 0 Å². The minimum Gasteiger partial charge on any atom is -0.490 e. The van der Waals surface area contributed by atoms with Gasteiger partial charge in [-0.2, -0.15) is 13.7 Å². The van der Waals surface area contributed by atoms with Gasteiger partial charge in [-0.25, -0.2) is 22.3 Å². The Hall–Kier alpha value is -3.84. The summed E-state index contributed by atoms with van der Waals surface area (Å²) in [6.07, 6.45) is 3.00. The van der Waals surface area contributed by atoms with E-state index in [0.717, 1.165) is 8.61 Å². The lowest BCUT2D eigenvalue weighted by Crippen LogP contribution is -2.60. The first-order chi connectivity index (χ1) is 18.7. The van der Waals surface area contributed by atoms with Gasteiger partial charge >= 0.3 is 0 Å². The van der Waals surface area contributed by atoms with Crippen LogP contribution in [0, 0.1) is 0 Å². The molecule has 0 bridgehead atoms. The third-order valence-electron chi connectivity index (χ3n) is 5.94. The van der Waals surface area contributed by atoms with Gasteiger partial charge in [-0.15, -0.1) is 0 Å². The molecule has 1 N–H and O–H groups in total. The molecule has 0 unspecified atom stereocenters. The van der Waals surface area contributed by atoms with Gasteiger partial charge in [-0.1, -0.05) is 61.2 Å². The van der Waals surface area contributed by atoms with E-state index >= 15 is 0 Å². The molecule has 1 heterocycles. The smallest absolute Gasteiger partial charge is 0.259 e. The maximum Gasteiger partial charge on any atom is 0.259 e. The number of hydrazone groups is 1. The van der Waals surface area contributed by atoms with Crippen molar-refractivity contribution >= 4 is 32.2 Å². The number of carbonyl (C=O) groups excluding carboxylic acids is 1. The molecule has 1 atom stereocenters. The summed E-state index contributed by atoms with van der Waals surface area (Å²) in [5.74, 6) is -0.183. The lowest BCUT2D eigenvalue weighted by atomic mass is 10.2. The van der Waals surface area contributed by atoms with Crippen LogP contribution in [0.1, 0.15) is 5.56 Å². The summed E-state index contributed by atoms with van der Waals surface area (Å²) in [5.41, 5.74) is 3.00. The average molecular weight is 569 g/mol. The second-order valence-corrected chi connectivity index (χ2v) is 12.4. The van der Waals surface area contributed by atoms with Gasteiger partial charge in [0.1, 0.15) is 18.4 Å². The third kappa shape index (κ3) is 6.60. The van der Waals surface area contributed by atoms with Gasteiger partial charge in [-0.05, 0) is 42.0 Å². The quantitative estimate of drug-likeness (QED) is 0.228. The molecule has 1 saturated heterocycles. The lowest BCUT2D eigenvalue weighted by Gasteiger charge is -2.38. The zero-order chi connectivity index (χ0) is 27.9. The summed E-state index contributed by atoms with van der Waals surface area (Å²) in [4.78, 5) is 13.4. The second kappa shape index (κ2) is 12.3. The number of nitrogens with one attached hydrogen (secondary N) is 1. The van der Waals surface area contributed by atoms with Gasteiger partial charge in [0.2, 0.25) is 20.0 Å². The Balaban J connectivity index is 1.59. The summed E-state index contributed by atoms with van der Waals surface area (Å²) >= 11 is 0. The average Bonchev–Trinajstić information content (AvgIpc) is 2.97. The monoisotopic (exact) mass is 568 g/mol. The molecule has 4 rings (SSSR count). The van der Waals surface area contributed by atoms with Gasteiger partial charge in [0.15, 0.2) is 0 Å². The summed E-state index contributed by atoms with van der Waals surface area (Å²) < 4.78 is 61.1. The number of rotatable bonds is 10. The van der Waals surface area contributed by atoms with Gasteiger partial charge < -0.3 is 4.74 Å². The van der Waals surface area contributed by atoms with Crippen molar-refractivity contribution in [3.63, 3.8) is 0 Å². The molecular weight excluding hydrogens is 540 g/mol. The summed E-state index contributed by atoms with van der Waals surface area (Å²) in [5, 5.41) is 3.98. The predicted octanol–water partition coefficient (Wildman–Crippen LogP) is 2.47. The molecule has 39 heavy (non-hydrogen) atoms. The molecule has 12 heteroatoms. The van der Waals surface area contributed by atoms with Gasteiger partial charge in [0, 0.05) is 19.6 Å². The van der Waals surface area contributed by atoms with Crippen molar-refractivity contribution in [1.29, 1.82) is 0 Å². The van der Waals surface area contributed by atoms with E-state index in [0.29, 0.717) is 17.9 Å². The molecular formula is C27H28N4O6S2. The van der Waals surface area contributed by atoms with Crippen LogP contribution < -0.4 is 10.2 Å². The number of benzene rings is 3. The van der Waals surface area contributed by atoms with Crippen LogP contribution in [-0.2, 0) is 24.8 Å². The highest BCUT2D eigenvalue weighted by molar-refractivity contribution is 7.89. The van der Waals surface area contributed by atoms with E-state index in [1.165, 1.54) is 30.5 Å². The molecule has 1 aliphatic rings. The SMILES string of the molecule is C=CCOc1cccc(/C=N\NC(=O)[C@H]2CN(S(=O)(=O)c3ccccc3)CCN2S(=O)(=O)c2ccccc2)c1. The zero-order valence-corrected chi connectivity index (χ0v) is 22.6. The van der Waals surface area contributed by atoms with Crippen LogP contribution in [0.15, 0.2) is 112 Å². The number of ether oxygens (including phenoxy) is 1. The largest absolute Gasteiger partial charge is 0.490 e. The van der Waals surface area contributed by atoms with E-state index in [2.05, 4.69) is 17.1 Å². The molecule has 3 aromatic rings. The van der Waals surface area contributed by atoms with Crippen LogP contribution in [0.4, 0.5) is 0 Å². The standard InChI is InChI=1S/C27H28N4O6S2/c1-2-18-37-23-11-9-10-22(19-23)20-28-29-27(32)26-21-30(38(33,34)24-12-5-3-6-13-24)16-17-31(26)39(35,36)25-14-7-4-8-15-25/h2-15,19-20,26H,1,16-18,21H2,(H,29,32)/b28-20-/t26-/m1/s1. The van der Waals surface area contributed by atoms with Crippen molar-refractivity contribution < 1.29 is 26.4 Å². The molecule has 0 aromatic heterocycles. The maximum absolute atomic E-state index is 13.5. The first-order valence-electron chi connectivity index (χ1n) is 12.0. The number of hydrogen-bond acceptors (Lipinski definition) is 7. The minimum atomic E-state index is -4.11. The topological polar surface area (TPSA) is 125 Å². The summed E-state index contributed by atoms with van der Waals surface area (Å²) in [6.45, 7) is 3.22. The molecule has 10 nitrogen and oxygen atoms in total. The number of nitrogens with zero attached hydrogens (tertiary/aromatic N) is 3. The molecule has 1 fully saturated rings. The number of sulfonamides is 2. The molecule has 0 radical (unpaired) electrons. The molecule has 0 saturated carbocycles. The molecule has 1 aliphatic heterocycles. The fourth-order valence-electron chi connectivity index (χ4n) is 4.01. The van der Waals surface area contributed by atoms with Crippen molar-refractivity contribution in [1.82, 2.24) is 14.0 Å². The van der Waals surface area contributed by atoms with Crippen LogP contribution in [0.5, 0.6) is 5.75 Å². The van der Waals surface area contributed by atoms with Crippen LogP contribution in [0.2, 0.25) is 0 Å². The van der Waals surface area contributed by atoms with Crippen molar-refractivity contribution in [2.24, 2.45) is 5.10 Å². The molecule has 3 aromatic carbocycles. The fraction of sp³-hybridized carbons (Fsp3) is 0.185. The van der Waals surface area contributed by atoms with Crippen molar-refractivity contribution in [3.8, 4) is 5.75 Å². The Kier molecular flexibility index (Phi) is 8.92. The molecule has 0 spiro atoms. The molecule has 0 aliphatic carbocycles. The molecule has 1 amide bonds. The van der Waals surface area contributed by atoms with Crippen molar-refractivity contribution in [2.75, 3.05) is 26.2 Å². The number of hydrogen-bond donors (Lipinski definition) is 1. The fourth-order valence-corrected chi connectivity index (χ4v) is 7.06. The van der Waals surface area contributed by atoms with E-state index < -0.39 is 32.0 Å². The number of piperazine rings is 1. The van der Waals surface area contributed by atoms with Crippen LogP contribution in [0.3, 0.4) is 0 Å². The Morgan fingerprint density at radius 3 is 2.21 bits per heavy atom. The Labute approximate surface area is 228 Å². The predicted molar refractivity (Wildman–Crippen MR) is 147 cm³/mol. The minimum absolute atomic E-state index is 0.00186. The van der Waals surface area contributed by atoms with E-state index in [1.54, 1.807) is 66.7 Å². The van der Waals surface area contributed by atoms with E-state index in [-0.39, 0.29) is 29.4 Å². The summed E-state index contributed by atoms with van der Waals surface area (Å²) in [7, 11) is -8.07. The first kappa shape index (κ1) is 28.2. The van der Waals surface area contributed by atoms with Crippen molar-refractivity contribution in [3.05, 3.63) is 103 Å². The summed E-state index contributed by atoms with van der Waals surface area (Å²) in [6, 6.07) is 21.1. The first-order valence-corrected chi connectivity index (χ1v) is 14.9. The molecule has 204 valence electrons. The highest BCUT2D eigenvalue weighted by atomic mass is 32.2. The zero-order valence-electron chi connectivity index (χ0n) is 21.0. The normalized spacial score (nSPS) is 17.1.